The molecular formula is C12H20N4O4S. The summed E-state index contributed by atoms with van der Waals surface area (Å²) in [7, 11) is -0.432. The predicted octanol–water partition coefficient (Wildman–Crippen LogP) is -0.0876. The van der Waals surface area contributed by atoms with Gasteiger partial charge < -0.3 is 5.11 Å². The number of carboxylic acids is 1. The number of carboxylic acid groups (broad SMARTS) is 1. The topological polar surface area (TPSA) is 95.7 Å². The summed E-state index contributed by atoms with van der Waals surface area (Å²) >= 11 is 0. The highest BCUT2D eigenvalue weighted by Gasteiger charge is 2.27. The number of carbonyl (C=O) groups is 1. The van der Waals surface area contributed by atoms with Gasteiger partial charge in [-0.05, 0) is 12.5 Å². The Kier molecular flexibility index (Phi) is 4.64. The molecule has 9 heteroatoms. The van der Waals surface area contributed by atoms with E-state index in [9.17, 15) is 13.2 Å². The Morgan fingerprint density at radius 2 is 2.14 bits per heavy atom. The lowest BCUT2D eigenvalue weighted by Gasteiger charge is -2.23. The Balaban J connectivity index is 2.18. The third-order valence-electron chi connectivity index (χ3n) is 3.41. The second-order valence-corrected chi connectivity index (χ2v) is 7.36. The monoisotopic (exact) mass is 316 g/mol. The van der Waals surface area contributed by atoms with Crippen LogP contribution in [0.25, 0.3) is 0 Å². The lowest BCUT2D eigenvalue weighted by Crippen LogP contribution is -2.39. The molecule has 0 bridgehead atoms. The highest BCUT2D eigenvalue weighted by Crippen LogP contribution is 2.18. The summed E-state index contributed by atoms with van der Waals surface area (Å²) in [6.07, 6.45) is 1.06. The number of nitrogens with zero attached hydrogens (tertiary/aromatic N) is 4. The first-order valence-electron chi connectivity index (χ1n) is 6.75. The van der Waals surface area contributed by atoms with Crippen molar-refractivity contribution in [2.24, 2.45) is 0 Å². The van der Waals surface area contributed by atoms with Crippen LogP contribution in [0.3, 0.4) is 0 Å². The van der Waals surface area contributed by atoms with Crippen molar-refractivity contribution in [3.63, 3.8) is 0 Å². The average Bonchev–Trinajstić information content (AvgIpc) is 2.66. The van der Waals surface area contributed by atoms with Gasteiger partial charge in [-0.15, -0.1) is 0 Å². The van der Waals surface area contributed by atoms with Crippen LogP contribution in [0.1, 0.15) is 24.2 Å². The number of hydrogen-bond acceptors (Lipinski definition) is 4. The first kappa shape index (κ1) is 15.9. The van der Waals surface area contributed by atoms with Crippen LogP contribution in [-0.2, 0) is 34.5 Å². The molecule has 2 heterocycles. The summed E-state index contributed by atoms with van der Waals surface area (Å²) in [6.45, 7) is 1.36. The zero-order valence-electron chi connectivity index (χ0n) is 12.2. The number of aliphatic carboxylic acids is 1. The lowest BCUT2D eigenvalue weighted by atomic mass is 10.2. The average molecular weight is 316 g/mol. The van der Waals surface area contributed by atoms with Gasteiger partial charge in [0.25, 0.3) is 10.2 Å². The molecule has 0 unspecified atom stereocenters. The van der Waals surface area contributed by atoms with E-state index in [4.69, 9.17) is 5.11 Å². The molecule has 0 saturated heterocycles. The molecule has 1 aromatic heterocycles. The molecule has 0 radical (unpaired) electrons. The standard InChI is InChI=1S/C12H20N4O4S/c1-14(2)21(19,20)15-6-3-7-16-11(9-15)8-10(13-16)4-5-12(17)18/h8H,3-7,9H2,1-2H3,(H,17,18). The number of rotatable bonds is 5. The molecule has 0 aliphatic carbocycles. The normalized spacial score (nSPS) is 16.7. The van der Waals surface area contributed by atoms with Crippen molar-refractivity contribution < 1.29 is 18.3 Å². The quantitative estimate of drug-likeness (QED) is 0.819. The maximum atomic E-state index is 12.2. The summed E-state index contributed by atoms with van der Waals surface area (Å²) in [6, 6.07) is 1.80. The zero-order valence-corrected chi connectivity index (χ0v) is 13.0. The Morgan fingerprint density at radius 1 is 1.43 bits per heavy atom. The van der Waals surface area contributed by atoms with Crippen LogP contribution in [0, 0.1) is 0 Å². The fourth-order valence-electron chi connectivity index (χ4n) is 2.28. The van der Waals surface area contributed by atoms with Gasteiger partial charge >= 0.3 is 5.97 Å². The van der Waals surface area contributed by atoms with Crippen LogP contribution in [0.4, 0.5) is 0 Å². The molecule has 0 spiro atoms. The van der Waals surface area contributed by atoms with E-state index in [-0.39, 0.29) is 13.0 Å². The maximum absolute atomic E-state index is 12.2. The van der Waals surface area contributed by atoms with E-state index in [2.05, 4.69) is 5.10 Å². The molecule has 0 fully saturated rings. The van der Waals surface area contributed by atoms with Gasteiger partial charge in [0.1, 0.15) is 0 Å². The number of aryl methyl sites for hydroxylation is 2. The van der Waals surface area contributed by atoms with Crippen LogP contribution in [0.15, 0.2) is 6.07 Å². The highest BCUT2D eigenvalue weighted by molar-refractivity contribution is 7.86. The Hall–Kier alpha value is -1.45. The summed E-state index contributed by atoms with van der Waals surface area (Å²) in [5.41, 5.74) is 1.50. The van der Waals surface area contributed by atoms with E-state index in [1.165, 1.54) is 22.7 Å². The van der Waals surface area contributed by atoms with E-state index < -0.39 is 16.2 Å². The first-order valence-corrected chi connectivity index (χ1v) is 8.15. The molecule has 1 N–H and O–H groups in total. The zero-order chi connectivity index (χ0) is 15.6. The van der Waals surface area contributed by atoms with Gasteiger partial charge in [-0.2, -0.15) is 22.1 Å². The molecule has 1 aliphatic heterocycles. The third-order valence-corrected chi connectivity index (χ3v) is 5.30. The van der Waals surface area contributed by atoms with Gasteiger partial charge in [0.2, 0.25) is 0 Å². The molecule has 8 nitrogen and oxygen atoms in total. The molecule has 0 aromatic carbocycles. The molecule has 21 heavy (non-hydrogen) atoms. The van der Waals surface area contributed by atoms with Crippen molar-refractivity contribution in [1.82, 2.24) is 18.4 Å². The van der Waals surface area contributed by atoms with Crippen molar-refractivity contribution in [3.8, 4) is 0 Å². The molecule has 0 atom stereocenters. The van der Waals surface area contributed by atoms with Gasteiger partial charge in [0, 0.05) is 33.6 Å². The summed E-state index contributed by atoms with van der Waals surface area (Å²) in [5.74, 6) is -0.866. The number of aromatic nitrogens is 2. The molecule has 0 saturated carbocycles. The van der Waals surface area contributed by atoms with Gasteiger partial charge in [0.15, 0.2) is 0 Å². The molecular weight excluding hydrogens is 296 g/mol. The fraction of sp³-hybridized carbons (Fsp3) is 0.667. The smallest absolute Gasteiger partial charge is 0.303 e. The van der Waals surface area contributed by atoms with Crippen LogP contribution in [-0.4, -0.2) is 58.5 Å². The maximum Gasteiger partial charge on any atom is 0.303 e. The number of fused-ring (bicyclic) bond motifs is 1. The summed E-state index contributed by atoms with van der Waals surface area (Å²) in [5, 5.41) is 13.1. The van der Waals surface area contributed by atoms with Gasteiger partial charge in [-0.3, -0.25) is 9.48 Å². The van der Waals surface area contributed by atoms with Crippen LogP contribution in [0.5, 0.6) is 0 Å². The van der Waals surface area contributed by atoms with Crippen LogP contribution >= 0.6 is 0 Å². The first-order chi connectivity index (χ1) is 9.80. The van der Waals surface area contributed by atoms with Crippen molar-refractivity contribution in [1.29, 1.82) is 0 Å². The highest BCUT2D eigenvalue weighted by atomic mass is 32.2. The van der Waals surface area contributed by atoms with Crippen molar-refractivity contribution in [2.45, 2.75) is 32.4 Å². The molecule has 1 aliphatic rings. The number of hydrogen-bond donors (Lipinski definition) is 1. The van der Waals surface area contributed by atoms with E-state index in [1.807, 2.05) is 0 Å². The van der Waals surface area contributed by atoms with Crippen LogP contribution in [0.2, 0.25) is 0 Å². The minimum absolute atomic E-state index is 0.0240. The minimum atomic E-state index is -3.45. The third kappa shape index (κ3) is 3.60. The van der Waals surface area contributed by atoms with Crippen molar-refractivity contribution in [2.75, 3.05) is 20.6 Å². The molecule has 118 valence electrons. The van der Waals surface area contributed by atoms with E-state index in [0.717, 1.165) is 5.69 Å². The van der Waals surface area contributed by atoms with Gasteiger partial charge in [-0.25, -0.2) is 0 Å². The van der Waals surface area contributed by atoms with E-state index in [0.29, 0.717) is 31.6 Å². The Morgan fingerprint density at radius 3 is 2.76 bits per heavy atom. The van der Waals surface area contributed by atoms with Gasteiger partial charge in [-0.1, -0.05) is 0 Å². The molecule has 2 rings (SSSR count). The Labute approximate surface area is 124 Å². The summed E-state index contributed by atoms with van der Waals surface area (Å²) in [4.78, 5) is 10.6. The largest absolute Gasteiger partial charge is 0.481 e. The Bertz CT molecular complexity index is 623. The van der Waals surface area contributed by atoms with Crippen molar-refractivity contribution in [3.05, 3.63) is 17.5 Å². The second kappa shape index (κ2) is 6.12. The van der Waals surface area contributed by atoms with Crippen molar-refractivity contribution >= 4 is 16.2 Å². The minimum Gasteiger partial charge on any atom is -0.481 e. The fourth-order valence-corrected chi connectivity index (χ4v) is 3.39. The lowest BCUT2D eigenvalue weighted by molar-refractivity contribution is -0.136. The van der Waals surface area contributed by atoms with Crippen LogP contribution < -0.4 is 0 Å². The van der Waals surface area contributed by atoms with E-state index in [1.54, 1.807) is 10.7 Å². The second-order valence-electron chi connectivity index (χ2n) is 5.22. The molecule has 1 aromatic rings. The molecule has 0 amide bonds. The summed E-state index contributed by atoms with van der Waals surface area (Å²) < 4.78 is 28.8. The SMILES string of the molecule is CN(C)S(=O)(=O)N1CCCn2nc(CCC(=O)O)cc2C1. The van der Waals surface area contributed by atoms with Gasteiger partial charge in [0.05, 0.1) is 24.4 Å². The van der Waals surface area contributed by atoms with E-state index >= 15 is 0 Å². The predicted molar refractivity (Wildman–Crippen MR) is 75.8 cm³/mol.